The van der Waals surface area contributed by atoms with Crippen molar-refractivity contribution < 1.29 is 9.90 Å². The Morgan fingerprint density at radius 2 is 2.14 bits per heavy atom. The number of likely N-dealkylation sites (tertiary alicyclic amines) is 1. The van der Waals surface area contributed by atoms with E-state index in [0.717, 1.165) is 18.5 Å². The number of para-hydroxylation sites is 1. The molecule has 6 nitrogen and oxygen atoms in total. The summed E-state index contributed by atoms with van der Waals surface area (Å²) in [6, 6.07) is 9.50. The summed E-state index contributed by atoms with van der Waals surface area (Å²) in [6.45, 7) is 3.07. The molecule has 2 heterocycles. The lowest BCUT2D eigenvalue weighted by Crippen LogP contribution is -2.43. The number of aliphatic hydroxyl groups excluding tert-OH is 1. The van der Waals surface area contributed by atoms with Crippen molar-refractivity contribution in [1.29, 1.82) is 0 Å². The van der Waals surface area contributed by atoms with Crippen molar-refractivity contribution in [2.45, 2.75) is 25.9 Å². The third kappa shape index (κ3) is 3.01. The minimum Gasteiger partial charge on any atom is -0.393 e. The van der Waals surface area contributed by atoms with Crippen LogP contribution in [0, 0.1) is 5.92 Å². The Kier molecular flexibility index (Phi) is 4.20. The molecule has 2 unspecified atom stereocenters. The van der Waals surface area contributed by atoms with Gasteiger partial charge in [0.05, 0.1) is 18.0 Å². The third-order valence-corrected chi connectivity index (χ3v) is 4.13. The van der Waals surface area contributed by atoms with Crippen molar-refractivity contribution in [1.82, 2.24) is 19.9 Å². The topological polar surface area (TPSA) is 71.2 Å². The van der Waals surface area contributed by atoms with Gasteiger partial charge in [0.25, 0.3) is 5.91 Å². The Morgan fingerprint density at radius 3 is 2.86 bits per heavy atom. The molecular formula is C16H20N4O2. The van der Waals surface area contributed by atoms with E-state index in [2.05, 4.69) is 10.2 Å². The fraction of sp³-hybridized carbons (Fsp3) is 0.438. The highest BCUT2D eigenvalue weighted by molar-refractivity contribution is 5.92. The summed E-state index contributed by atoms with van der Waals surface area (Å²) in [4.78, 5) is 15.8. The number of aliphatic hydroxyl groups is 1. The molecule has 2 aromatic rings. The van der Waals surface area contributed by atoms with Crippen molar-refractivity contribution >= 4 is 5.91 Å². The second kappa shape index (κ2) is 6.27. The van der Waals surface area contributed by atoms with E-state index in [0.29, 0.717) is 18.8 Å². The van der Waals surface area contributed by atoms with Gasteiger partial charge in [0.1, 0.15) is 0 Å². The SMILES string of the molecule is CC(O)C1CCCN(C(=O)c2cnn(-c3ccccc3)n2)C1. The normalized spacial score (nSPS) is 19.9. The molecule has 3 rings (SSSR count). The van der Waals surface area contributed by atoms with Gasteiger partial charge in [0.15, 0.2) is 5.69 Å². The van der Waals surface area contributed by atoms with Crippen LogP contribution in [-0.2, 0) is 0 Å². The fourth-order valence-electron chi connectivity index (χ4n) is 2.80. The first-order valence-corrected chi connectivity index (χ1v) is 7.60. The molecule has 1 aliphatic rings. The predicted octanol–water partition coefficient (Wildman–Crippen LogP) is 1.50. The second-order valence-electron chi connectivity index (χ2n) is 5.75. The van der Waals surface area contributed by atoms with Crippen LogP contribution in [0.25, 0.3) is 5.69 Å². The molecule has 6 heteroatoms. The van der Waals surface area contributed by atoms with Crippen LogP contribution in [0.5, 0.6) is 0 Å². The molecule has 1 fully saturated rings. The van der Waals surface area contributed by atoms with Gasteiger partial charge in [-0.1, -0.05) is 18.2 Å². The number of hydrogen-bond acceptors (Lipinski definition) is 4. The first-order chi connectivity index (χ1) is 10.6. The summed E-state index contributed by atoms with van der Waals surface area (Å²) < 4.78 is 0. The lowest BCUT2D eigenvalue weighted by atomic mass is 9.93. The van der Waals surface area contributed by atoms with Gasteiger partial charge in [0.2, 0.25) is 0 Å². The van der Waals surface area contributed by atoms with E-state index in [9.17, 15) is 9.90 Å². The zero-order valence-corrected chi connectivity index (χ0v) is 12.6. The quantitative estimate of drug-likeness (QED) is 0.932. The number of rotatable bonds is 3. The third-order valence-electron chi connectivity index (χ3n) is 4.13. The monoisotopic (exact) mass is 300 g/mol. The number of nitrogens with zero attached hydrogens (tertiary/aromatic N) is 4. The Hall–Kier alpha value is -2.21. The molecule has 0 spiro atoms. The number of amides is 1. The summed E-state index contributed by atoms with van der Waals surface area (Å²) in [5, 5.41) is 18.2. The second-order valence-corrected chi connectivity index (χ2v) is 5.75. The number of aromatic nitrogens is 3. The molecule has 1 amide bonds. The molecule has 1 saturated heterocycles. The van der Waals surface area contributed by atoms with E-state index in [1.807, 2.05) is 30.3 Å². The van der Waals surface area contributed by atoms with Crippen LogP contribution in [0.2, 0.25) is 0 Å². The smallest absolute Gasteiger partial charge is 0.276 e. The van der Waals surface area contributed by atoms with Crippen LogP contribution in [0.1, 0.15) is 30.3 Å². The molecule has 2 atom stereocenters. The molecule has 116 valence electrons. The maximum absolute atomic E-state index is 12.5. The standard InChI is InChI=1S/C16H20N4O2/c1-12(21)13-6-5-9-19(11-13)16(22)15-10-17-20(18-15)14-7-3-2-4-8-14/h2-4,7-8,10,12-13,21H,5-6,9,11H2,1H3. The zero-order chi connectivity index (χ0) is 15.5. The lowest BCUT2D eigenvalue weighted by molar-refractivity contribution is 0.0461. The van der Waals surface area contributed by atoms with Crippen molar-refractivity contribution in [3.05, 3.63) is 42.2 Å². The minimum absolute atomic E-state index is 0.118. The van der Waals surface area contributed by atoms with E-state index in [1.54, 1.807) is 11.8 Å². The van der Waals surface area contributed by atoms with Crippen molar-refractivity contribution in [3.8, 4) is 5.69 Å². The zero-order valence-electron chi connectivity index (χ0n) is 12.6. The number of carbonyl (C=O) groups excluding carboxylic acids is 1. The number of carbonyl (C=O) groups is 1. The van der Waals surface area contributed by atoms with E-state index in [4.69, 9.17) is 0 Å². The van der Waals surface area contributed by atoms with Gasteiger partial charge in [0, 0.05) is 19.0 Å². The Bertz CT molecular complexity index is 639. The van der Waals surface area contributed by atoms with Gasteiger partial charge >= 0.3 is 0 Å². The maximum atomic E-state index is 12.5. The van der Waals surface area contributed by atoms with Gasteiger partial charge in [-0.3, -0.25) is 4.79 Å². The van der Waals surface area contributed by atoms with Crippen LogP contribution in [-0.4, -0.2) is 50.1 Å². The summed E-state index contributed by atoms with van der Waals surface area (Å²) >= 11 is 0. The Balaban J connectivity index is 1.74. The molecule has 0 saturated carbocycles. The van der Waals surface area contributed by atoms with Crippen LogP contribution < -0.4 is 0 Å². The predicted molar refractivity (Wildman–Crippen MR) is 81.7 cm³/mol. The van der Waals surface area contributed by atoms with Crippen molar-refractivity contribution in [2.75, 3.05) is 13.1 Å². The van der Waals surface area contributed by atoms with Crippen LogP contribution in [0.4, 0.5) is 0 Å². The van der Waals surface area contributed by atoms with E-state index in [-0.39, 0.29) is 11.8 Å². The molecule has 1 N–H and O–H groups in total. The van der Waals surface area contributed by atoms with Crippen LogP contribution in [0.3, 0.4) is 0 Å². The molecule has 0 radical (unpaired) electrons. The molecule has 0 aliphatic carbocycles. The van der Waals surface area contributed by atoms with Gasteiger partial charge in [-0.2, -0.15) is 9.90 Å². The van der Waals surface area contributed by atoms with Crippen LogP contribution in [0.15, 0.2) is 36.5 Å². The highest BCUT2D eigenvalue weighted by Crippen LogP contribution is 2.21. The number of benzene rings is 1. The highest BCUT2D eigenvalue weighted by Gasteiger charge is 2.28. The van der Waals surface area contributed by atoms with Crippen molar-refractivity contribution in [2.24, 2.45) is 5.92 Å². The van der Waals surface area contributed by atoms with Crippen LogP contribution >= 0.6 is 0 Å². The molecule has 22 heavy (non-hydrogen) atoms. The van der Waals surface area contributed by atoms with Gasteiger partial charge < -0.3 is 10.0 Å². The maximum Gasteiger partial charge on any atom is 0.276 e. The number of hydrogen-bond donors (Lipinski definition) is 1. The van der Waals surface area contributed by atoms with E-state index >= 15 is 0 Å². The Morgan fingerprint density at radius 1 is 1.36 bits per heavy atom. The molecule has 0 bridgehead atoms. The first-order valence-electron chi connectivity index (χ1n) is 7.60. The van der Waals surface area contributed by atoms with Gasteiger partial charge in [-0.05, 0) is 31.9 Å². The highest BCUT2D eigenvalue weighted by atomic mass is 16.3. The van der Waals surface area contributed by atoms with E-state index in [1.165, 1.54) is 11.0 Å². The largest absolute Gasteiger partial charge is 0.393 e. The number of piperidine rings is 1. The summed E-state index contributed by atoms with van der Waals surface area (Å²) in [5.74, 6) is 0.0226. The van der Waals surface area contributed by atoms with Gasteiger partial charge in [-0.15, -0.1) is 5.10 Å². The average Bonchev–Trinajstić information content (AvgIpc) is 3.05. The van der Waals surface area contributed by atoms with Gasteiger partial charge in [-0.25, -0.2) is 0 Å². The fourth-order valence-corrected chi connectivity index (χ4v) is 2.80. The van der Waals surface area contributed by atoms with Crippen molar-refractivity contribution in [3.63, 3.8) is 0 Å². The molecule has 1 aliphatic heterocycles. The minimum atomic E-state index is -0.393. The molecule has 1 aromatic carbocycles. The lowest BCUT2D eigenvalue weighted by Gasteiger charge is -2.33. The summed E-state index contributed by atoms with van der Waals surface area (Å²) in [6.07, 6.45) is 2.98. The summed E-state index contributed by atoms with van der Waals surface area (Å²) in [5.41, 5.74) is 1.16. The first kappa shape index (κ1) is 14.7. The molecule has 1 aromatic heterocycles. The summed E-state index contributed by atoms with van der Waals surface area (Å²) in [7, 11) is 0. The molecular weight excluding hydrogens is 280 g/mol. The average molecular weight is 300 g/mol. The Labute approximate surface area is 129 Å². The van der Waals surface area contributed by atoms with E-state index < -0.39 is 6.10 Å².